The largest absolute Gasteiger partial charge is 0.326 e. The van der Waals surface area contributed by atoms with Gasteiger partial charge in [-0.15, -0.1) is 0 Å². The van der Waals surface area contributed by atoms with Gasteiger partial charge in [-0.05, 0) is 17.7 Å². The highest BCUT2D eigenvalue weighted by Gasteiger charge is 2.25. The van der Waals surface area contributed by atoms with Crippen LogP contribution in [0.3, 0.4) is 0 Å². The average Bonchev–Trinajstić information content (AvgIpc) is 2.26. The number of hydrogen-bond acceptors (Lipinski definition) is 2. The summed E-state index contributed by atoms with van der Waals surface area (Å²) in [6.07, 6.45) is 0. The van der Waals surface area contributed by atoms with Crippen molar-refractivity contribution < 1.29 is 4.79 Å². The number of benzene rings is 1. The molecule has 0 heterocycles. The van der Waals surface area contributed by atoms with Gasteiger partial charge in [0.25, 0.3) is 0 Å². The van der Waals surface area contributed by atoms with Gasteiger partial charge in [-0.2, -0.15) is 0 Å². The van der Waals surface area contributed by atoms with Crippen LogP contribution in [0.4, 0.5) is 5.69 Å². The van der Waals surface area contributed by atoms with Crippen molar-refractivity contribution >= 4 is 11.6 Å². The van der Waals surface area contributed by atoms with Crippen molar-refractivity contribution in [3.63, 3.8) is 0 Å². The zero-order chi connectivity index (χ0) is 12.3. The van der Waals surface area contributed by atoms with Gasteiger partial charge in [-0.25, -0.2) is 0 Å². The molecule has 0 radical (unpaired) electrons. The predicted octanol–water partition coefficient (Wildman–Crippen LogP) is 2.15. The van der Waals surface area contributed by atoms with Crippen molar-refractivity contribution in [3.05, 3.63) is 29.8 Å². The fourth-order valence-electron chi connectivity index (χ4n) is 1.51. The molecule has 0 aliphatic heterocycles. The molecule has 0 aromatic heterocycles. The second-order valence-electron chi connectivity index (χ2n) is 4.99. The topological polar surface area (TPSA) is 46.3 Å². The van der Waals surface area contributed by atoms with E-state index in [1.807, 2.05) is 45.0 Å². The molecule has 0 unspecified atom stereocenters. The number of carbonyl (C=O) groups is 1. The van der Waals surface area contributed by atoms with Crippen molar-refractivity contribution in [2.75, 3.05) is 11.9 Å². The zero-order valence-electron chi connectivity index (χ0n) is 10.4. The molecule has 0 aliphatic carbocycles. The van der Waals surface area contributed by atoms with Crippen LogP contribution in [0.2, 0.25) is 0 Å². The van der Waals surface area contributed by atoms with E-state index in [-0.39, 0.29) is 11.3 Å². The summed E-state index contributed by atoms with van der Waals surface area (Å²) >= 11 is 0. The zero-order valence-corrected chi connectivity index (χ0v) is 10.4. The lowest BCUT2D eigenvalue weighted by Crippen LogP contribution is -2.36. The predicted molar refractivity (Wildman–Crippen MR) is 67.2 cm³/mol. The first-order valence-corrected chi connectivity index (χ1v) is 5.43. The van der Waals surface area contributed by atoms with Gasteiger partial charge in [-0.3, -0.25) is 4.79 Å². The van der Waals surface area contributed by atoms with E-state index in [2.05, 4.69) is 0 Å². The summed E-state index contributed by atoms with van der Waals surface area (Å²) in [5.41, 5.74) is 7.13. The maximum atomic E-state index is 12.1. The molecule has 1 aromatic carbocycles. The van der Waals surface area contributed by atoms with E-state index in [1.54, 1.807) is 11.9 Å². The van der Waals surface area contributed by atoms with Crippen LogP contribution in [-0.2, 0) is 11.3 Å². The first-order chi connectivity index (χ1) is 7.36. The molecular weight excluding hydrogens is 200 g/mol. The molecule has 0 fully saturated rings. The molecule has 0 aliphatic rings. The lowest BCUT2D eigenvalue weighted by Gasteiger charge is -2.26. The molecule has 1 amide bonds. The van der Waals surface area contributed by atoms with Crippen LogP contribution in [-0.4, -0.2) is 13.0 Å². The standard InChI is InChI=1S/C13H20N2O/c1-13(2,3)12(16)15(4)11-7-5-6-10(8-11)9-14/h5-8H,9,14H2,1-4H3. The van der Waals surface area contributed by atoms with Crippen LogP contribution in [0.5, 0.6) is 0 Å². The maximum Gasteiger partial charge on any atom is 0.232 e. The minimum Gasteiger partial charge on any atom is -0.326 e. The van der Waals surface area contributed by atoms with Crippen LogP contribution >= 0.6 is 0 Å². The van der Waals surface area contributed by atoms with Crippen molar-refractivity contribution in [3.8, 4) is 0 Å². The first kappa shape index (κ1) is 12.7. The lowest BCUT2D eigenvalue weighted by molar-refractivity contribution is -0.125. The second kappa shape index (κ2) is 4.66. The Hall–Kier alpha value is -1.35. The van der Waals surface area contributed by atoms with E-state index < -0.39 is 0 Å². The van der Waals surface area contributed by atoms with Crippen molar-refractivity contribution in [2.24, 2.45) is 11.1 Å². The van der Waals surface area contributed by atoms with Gasteiger partial charge >= 0.3 is 0 Å². The highest BCUT2D eigenvalue weighted by molar-refractivity contribution is 5.96. The number of carbonyl (C=O) groups excluding carboxylic acids is 1. The highest BCUT2D eigenvalue weighted by atomic mass is 16.2. The first-order valence-electron chi connectivity index (χ1n) is 5.43. The molecule has 0 bridgehead atoms. The summed E-state index contributed by atoms with van der Waals surface area (Å²) in [7, 11) is 1.79. The summed E-state index contributed by atoms with van der Waals surface area (Å²) in [5.74, 6) is 0.0988. The summed E-state index contributed by atoms with van der Waals surface area (Å²) in [4.78, 5) is 13.7. The Kier molecular flexibility index (Phi) is 3.70. The SMILES string of the molecule is CN(C(=O)C(C)(C)C)c1cccc(CN)c1. The molecule has 88 valence electrons. The summed E-state index contributed by atoms with van der Waals surface area (Å²) in [6, 6.07) is 7.75. The molecule has 3 nitrogen and oxygen atoms in total. The Morgan fingerprint density at radius 1 is 1.38 bits per heavy atom. The van der Waals surface area contributed by atoms with Gasteiger partial charge in [0.1, 0.15) is 0 Å². The smallest absolute Gasteiger partial charge is 0.232 e. The third-order valence-electron chi connectivity index (χ3n) is 2.48. The minimum absolute atomic E-state index is 0.0988. The van der Waals surface area contributed by atoms with E-state index in [4.69, 9.17) is 5.73 Å². The molecular formula is C13H20N2O. The fraction of sp³-hybridized carbons (Fsp3) is 0.462. The van der Waals surface area contributed by atoms with Crippen LogP contribution in [0.1, 0.15) is 26.3 Å². The Labute approximate surface area is 97.2 Å². The van der Waals surface area contributed by atoms with Crippen LogP contribution in [0.15, 0.2) is 24.3 Å². The third kappa shape index (κ3) is 2.83. The van der Waals surface area contributed by atoms with Gasteiger partial charge in [0.05, 0.1) is 0 Å². The average molecular weight is 220 g/mol. The van der Waals surface area contributed by atoms with E-state index >= 15 is 0 Å². The van der Waals surface area contributed by atoms with Crippen molar-refractivity contribution in [1.29, 1.82) is 0 Å². The van der Waals surface area contributed by atoms with Gasteiger partial charge in [0.15, 0.2) is 0 Å². The Morgan fingerprint density at radius 3 is 2.50 bits per heavy atom. The second-order valence-corrected chi connectivity index (χ2v) is 4.99. The molecule has 1 aromatic rings. The van der Waals surface area contributed by atoms with Crippen LogP contribution < -0.4 is 10.6 Å². The Balaban J connectivity index is 2.96. The lowest BCUT2D eigenvalue weighted by atomic mass is 9.94. The summed E-state index contributed by atoms with van der Waals surface area (Å²) < 4.78 is 0. The molecule has 0 saturated carbocycles. The van der Waals surface area contributed by atoms with Gasteiger partial charge < -0.3 is 10.6 Å². The van der Waals surface area contributed by atoms with Gasteiger partial charge in [-0.1, -0.05) is 32.9 Å². The summed E-state index contributed by atoms with van der Waals surface area (Å²) in [5, 5.41) is 0. The molecule has 0 spiro atoms. The molecule has 0 atom stereocenters. The highest BCUT2D eigenvalue weighted by Crippen LogP contribution is 2.22. The van der Waals surface area contributed by atoms with Crippen molar-refractivity contribution in [2.45, 2.75) is 27.3 Å². The number of nitrogens with zero attached hydrogens (tertiary/aromatic N) is 1. The third-order valence-corrected chi connectivity index (χ3v) is 2.48. The molecule has 1 rings (SSSR count). The van der Waals surface area contributed by atoms with Gasteiger partial charge in [0.2, 0.25) is 5.91 Å². The van der Waals surface area contributed by atoms with E-state index in [0.29, 0.717) is 6.54 Å². The number of hydrogen-bond donors (Lipinski definition) is 1. The van der Waals surface area contributed by atoms with E-state index in [1.165, 1.54) is 0 Å². The minimum atomic E-state index is -0.368. The molecule has 0 saturated heterocycles. The molecule has 16 heavy (non-hydrogen) atoms. The summed E-state index contributed by atoms with van der Waals surface area (Å²) in [6.45, 7) is 6.24. The number of anilines is 1. The maximum absolute atomic E-state index is 12.1. The number of nitrogens with two attached hydrogens (primary N) is 1. The van der Waals surface area contributed by atoms with Crippen LogP contribution in [0, 0.1) is 5.41 Å². The molecule has 2 N–H and O–H groups in total. The Bertz CT molecular complexity index is 380. The van der Waals surface area contributed by atoms with Gasteiger partial charge in [0, 0.05) is 24.7 Å². The number of rotatable bonds is 2. The Morgan fingerprint density at radius 2 is 2.00 bits per heavy atom. The quantitative estimate of drug-likeness (QED) is 0.830. The fourth-order valence-corrected chi connectivity index (χ4v) is 1.51. The number of amides is 1. The monoisotopic (exact) mass is 220 g/mol. The van der Waals surface area contributed by atoms with E-state index in [0.717, 1.165) is 11.3 Å². The van der Waals surface area contributed by atoms with Crippen molar-refractivity contribution in [1.82, 2.24) is 0 Å². The van der Waals surface area contributed by atoms with E-state index in [9.17, 15) is 4.79 Å². The molecule has 3 heteroatoms. The van der Waals surface area contributed by atoms with Crippen LogP contribution in [0.25, 0.3) is 0 Å². The normalized spacial score (nSPS) is 11.3.